The molecular formula is C12H24N2O2S. The third kappa shape index (κ3) is 5.27. The molecule has 0 spiro atoms. The summed E-state index contributed by atoms with van der Waals surface area (Å²) in [5.41, 5.74) is 0. The van der Waals surface area contributed by atoms with Crippen molar-refractivity contribution < 1.29 is 9.53 Å². The van der Waals surface area contributed by atoms with Crippen LogP contribution in [0.1, 0.15) is 26.7 Å². The molecule has 17 heavy (non-hydrogen) atoms. The summed E-state index contributed by atoms with van der Waals surface area (Å²) in [4.78, 5) is 11.7. The number of methoxy groups -OCH3 is 1. The average Bonchev–Trinajstić information content (AvgIpc) is 2.74. The lowest BCUT2D eigenvalue weighted by Crippen LogP contribution is -2.47. The van der Waals surface area contributed by atoms with Gasteiger partial charge in [0, 0.05) is 24.9 Å². The Kier molecular flexibility index (Phi) is 6.30. The van der Waals surface area contributed by atoms with Crippen molar-refractivity contribution in [3.8, 4) is 0 Å². The van der Waals surface area contributed by atoms with Crippen LogP contribution in [0.25, 0.3) is 0 Å². The second-order valence-electron chi connectivity index (χ2n) is 4.79. The van der Waals surface area contributed by atoms with Crippen LogP contribution >= 0.6 is 11.8 Å². The molecule has 0 aromatic carbocycles. The maximum atomic E-state index is 11.7. The van der Waals surface area contributed by atoms with Crippen LogP contribution in [0, 0.1) is 0 Å². The summed E-state index contributed by atoms with van der Waals surface area (Å²) in [6.45, 7) is 6.22. The zero-order valence-corrected chi connectivity index (χ0v) is 11.9. The SMILES string of the molecule is COCCNC(=O)C(C)NCC1(C)CCCS1. The Morgan fingerprint density at radius 1 is 1.59 bits per heavy atom. The number of amides is 1. The summed E-state index contributed by atoms with van der Waals surface area (Å²) in [5.74, 6) is 1.29. The Bertz CT molecular complexity index is 243. The van der Waals surface area contributed by atoms with E-state index in [1.807, 2.05) is 18.7 Å². The van der Waals surface area contributed by atoms with Crippen molar-refractivity contribution in [3.63, 3.8) is 0 Å². The first-order valence-electron chi connectivity index (χ1n) is 6.21. The van der Waals surface area contributed by atoms with Gasteiger partial charge in [-0.25, -0.2) is 0 Å². The number of hydrogen-bond donors (Lipinski definition) is 2. The monoisotopic (exact) mass is 260 g/mol. The van der Waals surface area contributed by atoms with Gasteiger partial charge in [-0.3, -0.25) is 4.79 Å². The molecule has 2 unspecified atom stereocenters. The summed E-state index contributed by atoms with van der Waals surface area (Å²) in [5, 5.41) is 6.16. The molecule has 2 atom stereocenters. The van der Waals surface area contributed by atoms with Crippen LogP contribution in [0.5, 0.6) is 0 Å². The molecule has 5 heteroatoms. The number of ether oxygens (including phenoxy) is 1. The molecule has 0 bridgehead atoms. The zero-order valence-electron chi connectivity index (χ0n) is 11.0. The molecule has 1 aliphatic rings. The number of nitrogens with one attached hydrogen (secondary N) is 2. The number of thioether (sulfide) groups is 1. The smallest absolute Gasteiger partial charge is 0.236 e. The second-order valence-corrected chi connectivity index (χ2v) is 6.47. The van der Waals surface area contributed by atoms with Crippen LogP contribution in [-0.4, -0.2) is 49.3 Å². The molecule has 100 valence electrons. The summed E-state index contributed by atoms with van der Waals surface area (Å²) in [6.07, 6.45) is 2.53. The van der Waals surface area contributed by atoms with Crippen molar-refractivity contribution in [1.82, 2.24) is 10.6 Å². The van der Waals surface area contributed by atoms with E-state index in [0.29, 0.717) is 17.9 Å². The standard InChI is InChI=1S/C12H24N2O2S/c1-10(11(15)13-6-7-16-3)14-9-12(2)5-4-8-17-12/h10,14H,4-9H2,1-3H3,(H,13,15). The van der Waals surface area contributed by atoms with Crippen LogP contribution < -0.4 is 10.6 Å². The van der Waals surface area contributed by atoms with E-state index in [4.69, 9.17) is 4.74 Å². The Labute approximate surface area is 108 Å². The molecule has 1 aliphatic heterocycles. The normalized spacial score (nSPS) is 25.8. The van der Waals surface area contributed by atoms with Crippen LogP contribution in [0.2, 0.25) is 0 Å². The van der Waals surface area contributed by atoms with E-state index in [1.165, 1.54) is 18.6 Å². The van der Waals surface area contributed by atoms with Crippen LogP contribution in [-0.2, 0) is 9.53 Å². The van der Waals surface area contributed by atoms with Crippen LogP contribution in [0.15, 0.2) is 0 Å². The Balaban J connectivity index is 2.19. The van der Waals surface area contributed by atoms with Crippen molar-refractivity contribution in [2.75, 3.05) is 32.6 Å². The van der Waals surface area contributed by atoms with Gasteiger partial charge in [-0.1, -0.05) is 0 Å². The number of hydrogen-bond acceptors (Lipinski definition) is 4. The summed E-state index contributed by atoms with van der Waals surface area (Å²) in [6, 6.07) is -0.134. The van der Waals surface area contributed by atoms with E-state index in [1.54, 1.807) is 7.11 Å². The molecule has 2 N–H and O–H groups in total. The third-order valence-electron chi connectivity index (χ3n) is 3.08. The summed E-state index contributed by atoms with van der Waals surface area (Å²) < 4.78 is 5.20. The molecule has 0 radical (unpaired) electrons. The van der Waals surface area contributed by atoms with Crippen molar-refractivity contribution in [2.45, 2.75) is 37.5 Å². The number of carbonyl (C=O) groups is 1. The quantitative estimate of drug-likeness (QED) is 0.671. The first-order chi connectivity index (χ1) is 8.07. The van der Waals surface area contributed by atoms with Crippen molar-refractivity contribution in [2.24, 2.45) is 0 Å². The Hall–Kier alpha value is -0.260. The maximum Gasteiger partial charge on any atom is 0.236 e. The first-order valence-corrected chi connectivity index (χ1v) is 7.20. The Morgan fingerprint density at radius 2 is 2.35 bits per heavy atom. The van der Waals surface area contributed by atoms with Gasteiger partial charge in [-0.05, 0) is 32.4 Å². The molecule has 1 saturated heterocycles. The van der Waals surface area contributed by atoms with Gasteiger partial charge in [0.25, 0.3) is 0 Å². The molecule has 4 nitrogen and oxygen atoms in total. The van der Waals surface area contributed by atoms with E-state index in [9.17, 15) is 4.79 Å². The molecule has 0 aromatic rings. The first kappa shape index (κ1) is 14.8. The second kappa shape index (κ2) is 7.24. The lowest BCUT2D eigenvalue weighted by atomic mass is 10.1. The third-order valence-corrected chi connectivity index (χ3v) is 4.62. The Morgan fingerprint density at radius 3 is 2.94 bits per heavy atom. The fraction of sp³-hybridized carbons (Fsp3) is 0.917. The molecule has 0 aromatic heterocycles. The average molecular weight is 260 g/mol. The van der Waals surface area contributed by atoms with Crippen molar-refractivity contribution in [3.05, 3.63) is 0 Å². The highest BCUT2D eigenvalue weighted by molar-refractivity contribution is 8.00. The minimum absolute atomic E-state index is 0.0497. The lowest BCUT2D eigenvalue weighted by Gasteiger charge is -2.25. The van der Waals surface area contributed by atoms with E-state index in [0.717, 1.165) is 6.54 Å². The molecule has 1 fully saturated rings. The van der Waals surface area contributed by atoms with Gasteiger partial charge in [0.2, 0.25) is 5.91 Å². The molecular weight excluding hydrogens is 236 g/mol. The predicted molar refractivity (Wildman–Crippen MR) is 72.4 cm³/mol. The van der Waals surface area contributed by atoms with Gasteiger partial charge in [-0.15, -0.1) is 0 Å². The van der Waals surface area contributed by atoms with E-state index < -0.39 is 0 Å². The predicted octanol–water partition coefficient (Wildman–Crippen LogP) is 1.01. The fourth-order valence-electron chi connectivity index (χ4n) is 1.87. The highest BCUT2D eigenvalue weighted by Crippen LogP contribution is 2.36. The van der Waals surface area contributed by atoms with Crippen LogP contribution in [0.4, 0.5) is 0 Å². The molecule has 1 heterocycles. The molecule has 1 amide bonds. The van der Waals surface area contributed by atoms with E-state index in [2.05, 4.69) is 17.6 Å². The van der Waals surface area contributed by atoms with Crippen LogP contribution in [0.3, 0.4) is 0 Å². The highest BCUT2D eigenvalue weighted by Gasteiger charge is 2.30. The van der Waals surface area contributed by atoms with E-state index in [-0.39, 0.29) is 11.9 Å². The number of carbonyl (C=O) groups excluding carboxylic acids is 1. The fourth-order valence-corrected chi connectivity index (χ4v) is 3.12. The van der Waals surface area contributed by atoms with Gasteiger partial charge < -0.3 is 15.4 Å². The van der Waals surface area contributed by atoms with E-state index >= 15 is 0 Å². The van der Waals surface area contributed by atoms with Crippen molar-refractivity contribution in [1.29, 1.82) is 0 Å². The highest BCUT2D eigenvalue weighted by atomic mass is 32.2. The van der Waals surface area contributed by atoms with Gasteiger partial charge in [-0.2, -0.15) is 11.8 Å². The largest absolute Gasteiger partial charge is 0.383 e. The van der Waals surface area contributed by atoms with Gasteiger partial charge in [0.1, 0.15) is 0 Å². The van der Waals surface area contributed by atoms with Gasteiger partial charge >= 0.3 is 0 Å². The van der Waals surface area contributed by atoms with Gasteiger partial charge in [0.05, 0.1) is 12.6 Å². The minimum atomic E-state index is -0.134. The number of rotatable bonds is 7. The lowest BCUT2D eigenvalue weighted by molar-refractivity contribution is -0.122. The zero-order chi connectivity index (χ0) is 12.7. The topological polar surface area (TPSA) is 50.4 Å². The minimum Gasteiger partial charge on any atom is -0.383 e. The summed E-state index contributed by atoms with van der Waals surface area (Å²) >= 11 is 2.01. The van der Waals surface area contributed by atoms with Crippen molar-refractivity contribution >= 4 is 17.7 Å². The molecule has 0 aliphatic carbocycles. The van der Waals surface area contributed by atoms with Gasteiger partial charge in [0.15, 0.2) is 0 Å². The maximum absolute atomic E-state index is 11.7. The molecule has 0 saturated carbocycles. The molecule has 1 rings (SSSR count). The summed E-state index contributed by atoms with van der Waals surface area (Å²) in [7, 11) is 1.63.